The Hall–Kier alpha value is -3.52. The van der Waals surface area contributed by atoms with Crippen LogP contribution in [0, 0.1) is 0 Å². The molecular formula is C22H22N2O6. The Labute approximate surface area is 173 Å². The third-order valence-corrected chi connectivity index (χ3v) is 4.80. The van der Waals surface area contributed by atoms with Crippen molar-refractivity contribution in [1.29, 1.82) is 0 Å². The first-order chi connectivity index (χ1) is 14.6. The molecule has 0 spiro atoms. The average molecular weight is 410 g/mol. The fourth-order valence-electron chi connectivity index (χ4n) is 3.31. The van der Waals surface area contributed by atoms with Gasteiger partial charge in [-0.2, -0.15) is 0 Å². The molecule has 3 aromatic rings. The predicted molar refractivity (Wildman–Crippen MR) is 110 cm³/mol. The molecule has 2 heterocycles. The van der Waals surface area contributed by atoms with E-state index in [4.69, 9.17) is 29.4 Å². The molecule has 1 fully saturated rings. The molecule has 1 atom stereocenters. The van der Waals surface area contributed by atoms with Crippen molar-refractivity contribution in [3.05, 3.63) is 48.2 Å². The first kappa shape index (κ1) is 19.8. The van der Waals surface area contributed by atoms with Gasteiger partial charge in [0.05, 0.1) is 38.5 Å². The molecule has 4 rings (SSSR count). The molecule has 2 N–H and O–H groups in total. The van der Waals surface area contributed by atoms with Crippen LogP contribution in [0.5, 0.6) is 28.7 Å². The van der Waals surface area contributed by atoms with Crippen LogP contribution < -0.4 is 24.7 Å². The third-order valence-electron chi connectivity index (χ3n) is 4.80. The van der Waals surface area contributed by atoms with Gasteiger partial charge in [0, 0.05) is 42.3 Å². The van der Waals surface area contributed by atoms with Crippen LogP contribution in [0.1, 0.15) is 16.8 Å². The molecule has 8 heteroatoms. The van der Waals surface area contributed by atoms with Crippen molar-refractivity contribution in [1.82, 2.24) is 4.98 Å². The Morgan fingerprint density at radius 2 is 1.87 bits per heavy atom. The normalized spacial score (nSPS) is 15.7. The van der Waals surface area contributed by atoms with E-state index < -0.39 is 5.91 Å². The monoisotopic (exact) mass is 410 g/mol. The molecule has 0 radical (unpaired) electrons. The molecule has 0 unspecified atom stereocenters. The van der Waals surface area contributed by atoms with Crippen LogP contribution >= 0.6 is 0 Å². The van der Waals surface area contributed by atoms with Gasteiger partial charge in [-0.3, -0.25) is 9.78 Å². The van der Waals surface area contributed by atoms with Crippen molar-refractivity contribution in [3.63, 3.8) is 0 Å². The molecule has 0 bridgehead atoms. The molecule has 1 aliphatic heterocycles. The number of hydrogen-bond donors (Lipinski definition) is 1. The standard InChI is InChI=1S/C22H22N2O6/c1-26-14-7-15(29-13-4-6-28-12-13)9-16(8-14)30-20-3-5-24-19-11-21(27-2)18(22(23)25)10-17(19)20/h3,5,7-11,13H,4,6,12H2,1-2H3,(H2,23,25)/t13-/m0/s1. The summed E-state index contributed by atoms with van der Waals surface area (Å²) in [6.07, 6.45) is 2.45. The zero-order valence-corrected chi connectivity index (χ0v) is 16.7. The highest BCUT2D eigenvalue weighted by Gasteiger charge is 2.19. The van der Waals surface area contributed by atoms with Crippen molar-refractivity contribution in [2.24, 2.45) is 5.73 Å². The number of carbonyl (C=O) groups is 1. The molecule has 1 aromatic heterocycles. The van der Waals surface area contributed by atoms with Gasteiger partial charge in [0.15, 0.2) is 0 Å². The number of hydrogen-bond acceptors (Lipinski definition) is 7. The van der Waals surface area contributed by atoms with Gasteiger partial charge in [0.2, 0.25) is 0 Å². The van der Waals surface area contributed by atoms with E-state index in [1.807, 2.05) is 0 Å². The SMILES string of the molecule is COc1cc(Oc2ccnc3cc(OC)c(C(N)=O)cc23)cc(O[C@H]2CCOC2)c1. The number of primary amides is 1. The molecule has 1 aliphatic rings. The van der Waals surface area contributed by atoms with Crippen molar-refractivity contribution in [3.8, 4) is 28.7 Å². The van der Waals surface area contributed by atoms with Gasteiger partial charge >= 0.3 is 0 Å². The van der Waals surface area contributed by atoms with E-state index in [0.29, 0.717) is 52.9 Å². The summed E-state index contributed by atoms with van der Waals surface area (Å²) in [5.41, 5.74) is 6.35. The predicted octanol–water partition coefficient (Wildman–Crippen LogP) is 3.31. The summed E-state index contributed by atoms with van der Waals surface area (Å²) >= 11 is 0. The minimum Gasteiger partial charge on any atom is -0.496 e. The van der Waals surface area contributed by atoms with E-state index in [0.717, 1.165) is 6.42 Å². The highest BCUT2D eigenvalue weighted by Crippen LogP contribution is 2.36. The number of pyridine rings is 1. The van der Waals surface area contributed by atoms with Crippen molar-refractivity contribution in [2.45, 2.75) is 12.5 Å². The third kappa shape index (κ3) is 4.08. The highest BCUT2D eigenvalue weighted by molar-refractivity contribution is 6.01. The van der Waals surface area contributed by atoms with Gasteiger partial charge in [-0.1, -0.05) is 0 Å². The lowest BCUT2D eigenvalue weighted by Crippen LogP contribution is -2.15. The second-order valence-corrected chi connectivity index (χ2v) is 6.79. The van der Waals surface area contributed by atoms with Crippen LogP contribution in [-0.4, -0.2) is 44.4 Å². The van der Waals surface area contributed by atoms with Crippen LogP contribution in [0.25, 0.3) is 10.9 Å². The Balaban J connectivity index is 1.71. The van der Waals surface area contributed by atoms with Crippen LogP contribution in [0.2, 0.25) is 0 Å². The topological polar surface area (TPSA) is 102 Å². The molecular weight excluding hydrogens is 388 g/mol. The number of nitrogens with two attached hydrogens (primary N) is 1. The maximum absolute atomic E-state index is 11.8. The van der Waals surface area contributed by atoms with Gasteiger partial charge < -0.3 is 29.4 Å². The minimum absolute atomic E-state index is 0.00250. The van der Waals surface area contributed by atoms with E-state index in [1.54, 1.807) is 49.7 Å². The Morgan fingerprint density at radius 3 is 2.57 bits per heavy atom. The van der Waals surface area contributed by atoms with Crippen molar-refractivity contribution < 1.29 is 28.5 Å². The van der Waals surface area contributed by atoms with Gasteiger partial charge in [-0.15, -0.1) is 0 Å². The number of fused-ring (bicyclic) bond motifs is 1. The maximum atomic E-state index is 11.8. The van der Waals surface area contributed by atoms with Crippen LogP contribution in [0.15, 0.2) is 42.6 Å². The fourth-order valence-corrected chi connectivity index (χ4v) is 3.31. The number of ether oxygens (including phenoxy) is 5. The summed E-state index contributed by atoms with van der Waals surface area (Å²) in [4.78, 5) is 16.2. The highest BCUT2D eigenvalue weighted by atomic mass is 16.5. The molecule has 156 valence electrons. The van der Waals surface area contributed by atoms with Gasteiger partial charge in [-0.25, -0.2) is 0 Å². The van der Waals surface area contributed by atoms with E-state index >= 15 is 0 Å². The van der Waals surface area contributed by atoms with Crippen LogP contribution in [0.3, 0.4) is 0 Å². The lowest BCUT2D eigenvalue weighted by Gasteiger charge is -2.16. The van der Waals surface area contributed by atoms with E-state index in [1.165, 1.54) is 7.11 Å². The van der Waals surface area contributed by atoms with E-state index in [2.05, 4.69) is 4.98 Å². The Kier molecular flexibility index (Phi) is 5.58. The fraction of sp³-hybridized carbons (Fsp3) is 0.273. The van der Waals surface area contributed by atoms with Crippen molar-refractivity contribution >= 4 is 16.8 Å². The Morgan fingerprint density at radius 1 is 1.07 bits per heavy atom. The summed E-state index contributed by atoms with van der Waals surface area (Å²) in [5, 5.41) is 0.626. The molecule has 8 nitrogen and oxygen atoms in total. The summed E-state index contributed by atoms with van der Waals surface area (Å²) in [7, 11) is 3.05. The van der Waals surface area contributed by atoms with Crippen LogP contribution in [0.4, 0.5) is 0 Å². The number of carbonyl (C=O) groups excluding carboxylic acids is 1. The summed E-state index contributed by atoms with van der Waals surface area (Å²) in [5.74, 6) is 2.01. The second kappa shape index (κ2) is 8.46. The Bertz CT molecular complexity index is 1080. The summed E-state index contributed by atoms with van der Waals surface area (Å²) < 4.78 is 28.1. The van der Waals surface area contributed by atoms with Gasteiger partial charge in [0.1, 0.15) is 34.9 Å². The molecule has 1 amide bonds. The van der Waals surface area contributed by atoms with Gasteiger partial charge in [0.25, 0.3) is 5.91 Å². The number of aromatic nitrogens is 1. The smallest absolute Gasteiger partial charge is 0.252 e. The second-order valence-electron chi connectivity index (χ2n) is 6.79. The van der Waals surface area contributed by atoms with Crippen molar-refractivity contribution in [2.75, 3.05) is 27.4 Å². The largest absolute Gasteiger partial charge is 0.496 e. The zero-order chi connectivity index (χ0) is 21.1. The minimum atomic E-state index is -0.598. The molecule has 0 aliphatic carbocycles. The first-order valence-electron chi connectivity index (χ1n) is 9.45. The summed E-state index contributed by atoms with van der Waals surface area (Å²) in [6, 6.07) is 10.3. The van der Waals surface area contributed by atoms with E-state index in [9.17, 15) is 4.79 Å². The quantitative estimate of drug-likeness (QED) is 0.637. The number of rotatable bonds is 7. The first-order valence-corrected chi connectivity index (χ1v) is 9.45. The van der Waals surface area contributed by atoms with Crippen LogP contribution in [-0.2, 0) is 4.74 Å². The number of nitrogens with zero attached hydrogens (tertiary/aromatic N) is 1. The number of methoxy groups -OCH3 is 2. The number of amides is 1. The number of benzene rings is 2. The lowest BCUT2D eigenvalue weighted by atomic mass is 10.1. The van der Waals surface area contributed by atoms with E-state index in [-0.39, 0.29) is 11.7 Å². The molecule has 0 saturated carbocycles. The average Bonchev–Trinajstić information content (AvgIpc) is 3.25. The lowest BCUT2D eigenvalue weighted by molar-refractivity contribution is 0.0997. The summed E-state index contributed by atoms with van der Waals surface area (Å²) in [6.45, 7) is 1.24. The van der Waals surface area contributed by atoms with Gasteiger partial charge in [-0.05, 0) is 12.1 Å². The zero-order valence-electron chi connectivity index (χ0n) is 16.7. The molecule has 1 saturated heterocycles. The maximum Gasteiger partial charge on any atom is 0.252 e. The molecule has 30 heavy (non-hydrogen) atoms. The molecule has 2 aromatic carbocycles.